The van der Waals surface area contributed by atoms with Gasteiger partial charge in [0, 0.05) is 6.07 Å². The SMILES string of the molecule is Fc1ccc(Oc2cncc(Cl)n2)cc1Cl. The minimum Gasteiger partial charge on any atom is -0.437 e. The summed E-state index contributed by atoms with van der Waals surface area (Å²) in [6, 6.07) is 3.99. The van der Waals surface area contributed by atoms with Crippen LogP contribution in [0.1, 0.15) is 0 Å². The molecule has 3 nitrogen and oxygen atoms in total. The maximum Gasteiger partial charge on any atom is 0.239 e. The van der Waals surface area contributed by atoms with Crippen LogP contribution in [0.2, 0.25) is 10.2 Å². The number of benzene rings is 1. The van der Waals surface area contributed by atoms with Crippen molar-refractivity contribution in [3.63, 3.8) is 0 Å². The van der Waals surface area contributed by atoms with E-state index in [9.17, 15) is 4.39 Å². The van der Waals surface area contributed by atoms with E-state index >= 15 is 0 Å². The molecule has 1 heterocycles. The highest BCUT2D eigenvalue weighted by molar-refractivity contribution is 6.30. The van der Waals surface area contributed by atoms with Crippen LogP contribution in [0, 0.1) is 5.82 Å². The van der Waals surface area contributed by atoms with Crippen LogP contribution in [0.4, 0.5) is 4.39 Å². The van der Waals surface area contributed by atoms with Gasteiger partial charge in [0.2, 0.25) is 5.88 Å². The van der Waals surface area contributed by atoms with Crippen LogP contribution in [0.25, 0.3) is 0 Å². The van der Waals surface area contributed by atoms with E-state index in [0.717, 1.165) is 0 Å². The van der Waals surface area contributed by atoms with Crippen LogP contribution < -0.4 is 4.74 Å². The summed E-state index contributed by atoms with van der Waals surface area (Å²) in [4.78, 5) is 7.66. The van der Waals surface area contributed by atoms with E-state index < -0.39 is 5.82 Å². The molecule has 16 heavy (non-hydrogen) atoms. The first-order chi connectivity index (χ1) is 7.65. The van der Waals surface area contributed by atoms with Gasteiger partial charge in [0.15, 0.2) is 5.15 Å². The molecular formula is C10H5Cl2FN2O. The van der Waals surface area contributed by atoms with Crippen molar-refractivity contribution in [1.82, 2.24) is 9.97 Å². The van der Waals surface area contributed by atoms with Crippen molar-refractivity contribution < 1.29 is 9.13 Å². The quantitative estimate of drug-likeness (QED) is 0.824. The van der Waals surface area contributed by atoms with Crippen molar-refractivity contribution in [1.29, 1.82) is 0 Å². The van der Waals surface area contributed by atoms with Gasteiger partial charge in [-0.25, -0.2) is 4.39 Å². The number of hydrogen-bond donors (Lipinski definition) is 0. The van der Waals surface area contributed by atoms with Crippen molar-refractivity contribution >= 4 is 23.2 Å². The second-order valence-electron chi connectivity index (χ2n) is 2.86. The average molecular weight is 259 g/mol. The summed E-state index contributed by atoms with van der Waals surface area (Å²) in [5, 5.41) is 0.193. The maximum atomic E-state index is 12.9. The first-order valence-corrected chi connectivity index (χ1v) is 5.01. The Bertz CT molecular complexity index is 522. The molecule has 0 amide bonds. The van der Waals surface area contributed by atoms with E-state index in [4.69, 9.17) is 27.9 Å². The normalized spacial score (nSPS) is 10.2. The second kappa shape index (κ2) is 4.63. The fraction of sp³-hybridized carbons (Fsp3) is 0. The molecule has 0 fully saturated rings. The predicted molar refractivity (Wildman–Crippen MR) is 58.5 cm³/mol. The molecule has 0 aliphatic carbocycles. The van der Waals surface area contributed by atoms with Gasteiger partial charge >= 0.3 is 0 Å². The van der Waals surface area contributed by atoms with E-state index in [2.05, 4.69) is 9.97 Å². The van der Waals surface area contributed by atoms with Crippen molar-refractivity contribution in [2.75, 3.05) is 0 Å². The summed E-state index contributed by atoms with van der Waals surface area (Å²) in [5.74, 6) is 0.0735. The Morgan fingerprint density at radius 3 is 2.69 bits per heavy atom. The lowest BCUT2D eigenvalue weighted by molar-refractivity contribution is 0.458. The summed E-state index contributed by atoms with van der Waals surface area (Å²) in [5.41, 5.74) is 0. The van der Waals surface area contributed by atoms with Gasteiger partial charge < -0.3 is 4.74 Å². The standard InChI is InChI=1S/C10H5Cl2FN2O/c11-7-3-6(1-2-8(7)13)16-10-5-14-4-9(12)15-10/h1-5H. The highest BCUT2D eigenvalue weighted by Gasteiger charge is 2.04. The summed E-state index contributed by atoms with van der Waals surface area (Å²) in [6.07, 6.45) is 2.77. The molecule has 0 aliphatic rings. The topological polar surface area (TPSA) is 35.0 Å². The molecule has 0 unspecified atom stereocenters. The van der Waals surface area contributed by atoms with E-state index in [1.807, 2.05) is 0 Å². The van der Waals surface area contributed by atoms with Crippen LogP contribution in [-0.4, -0.2) is 9.97 Å². The minimum absolute atomic E-state index is 0.0208. The molecule has 0 saturated carbocycles. The zero-order chi connectivity index (χ0) is 11.5. The average Bonchev–Trinajstić information content (AvgIpc) is 2.24. The van der Waals surface area contributed by atoms with Crippen molar-refractivity contribution in [2.24, 2.45) is 0 Å². The first kappa shape index (κ1) is 11.1. The second-order valence-corrected chi connectivity index (χ2v) is 3.65. The smallest absolute Gasteiger partial charge is 0.239 e. The molecule has 0 aliphatic heterocycles. The molecule has 0 bridgehead atoms. The van der Waals surface area contributed by atoms with Crippen LogP contribution in [0.5, 0.6) is 11.6 Å². The molecule has 0 N–H and O–H groups in total. The highest BCUT2D eigenvalue weighted by Crippen LogP contribution is 2.25. The van der Waals surface area contributed by atoms with E-state index in [0.29, 0.717) is 5.75 Å². The molecule has 0 spiro atoms. The number of halogens is 3. The molecule has 0 radical (unpaired) electrons. The van der Waals surface area contributed by atoms with Crippen LogP contribution in [0.15, 0.2) is 30.6 Å². The Labute approximate surface area is 101 Å². The van der Waals surface area contributed by atoms with E-state index in [1.165, 1.54) is 30.6 Å². The number of ether oxygens (including phenoxy) is 1. The molecule has 1 aromatic carbocycles. The molecule has 6 heteroatoms. The summed E-state index contributed by atoms with van der Waals surface area (Å²) in [7, 11) is 0. The Balaban J connectivity index is 2.24. The Kier molecular flexibility index (Phi) is 3.22. The Morgan fingerprint density at radius 1 is 1.19 bits per heavy atom. The minimum atomic E-state index is -0.508. The number of nitrogens with zero attached hydrogens (tertiary/aromatic N) is 2. The molecule has 2 aromatic rings. The molecule has 2 rings (SSSR count). The molecule has 0 saturated heterocycles. The lowest BCUT2D eigenvalue weighted by Crippen LogP contribution is -1.90. The third-order valence-corrected chi connectivity index (χ3v) is 2.17. The molecule has 82 valence electrons. The zero-order valence-corrected chi connectivity index (χ0v) is 9.34. The first-order valence-electron chi connectivity index (χ1n) is 4.25. The van der Waals surface area contributed by atoms with Gasteiger partial charge in [0.25, 0.3) is 0 Å². The van der Waals surface area contributed by atoms with Gasteiger partial charge in [-0.05, 0) is 12.1 Å². The maximum absolute atomic E-state index is 12.9. The zero-order valence-electron chi connectivity index (χ0n) is 7.82. The summed E-state index contributed by atoms with van der Waals surface area (Å²) >= 11 is 11.2. The summed E-state index contributed by atoms with van der Waals surface area (Å²) < 4.78 is 18.2. The van der Waals surface area contributed by atoms with E-state index in [1.54, 1.807) is 0 Å². The summed E-state index contributed by atoms with van der Waals surface area (Å²) in [6.45, 7) is 0. The van der Waals surface area contributed by atoms with E-state index in [-0.39, 0.29) is 16.1 Å². The van der Waals surface area contributed by atoms with Gasteiger partial charge in [0.05, 0.1) is 17.4 Å². The fourth-order valence-corrected chi connectivity index (χ4v) is 1.35. The third kappa shape index (κ3) is 2.59. The lowest BCUT2D eigenvalue weighted by atomic mass is 10.3. The molecular weight excluding hydrogens is 254 g/mol. The Morgan fingerprint density at radius 2 is 2.00 bits per heavy atom. The predicted octanol–water partition coefficient (Wildman–Crippen LogP) is 3.71. The number of rotatable bonds is 2. The van der Waals surface area contributed by atoms with Gasteiger partial charge in [-0.1, -0.05) is 23.2 Å². The fourth-order valence-electron chi connectivity index (χ4n) is 1.04. The Hall–Kier alpha value is -1.39. The monoisotopic (exact) mass is 258 g/mol. The van der Waals surface area contributed by atoms with Crippen molar-refractivity contribution in [3.05, 3.63) is 46.6 Å². The van der Waals surface area contributed by atoms with Crippen molar-refractivity contribution in [3.8, 4) is 11.6 Å². The highest BCUT2D eigenvalue weighted by atomic mass is 35.5. The van der Waals surface area contributed by atoms with Crippen LogP contribution in [-0.2, 0) is 0 Å². The number of aromatic nitrogens is 2. The lowest BCUT2D eigenvalue weighted by Gasteiger charge is -2.04. The van der Waals surface area contributed by atoms with Crippen LogP contribution >= 0.6 is 23.2 Å². The molecule has 0 atom stereocenters. The molecule has 1 aromatic heterocycles. The largest absolute Gasteiger partial charge is 0.437 e. The van der Waals surface area contributed by atoms with Gasteiger partial charge in [-0.15, -0.1) is 0 Å². The van der Waals surface area contributed by atoms with Crippen molar-refractivity contribution in [2.45, 2.75) is 0 Å². The number of hydrogen-bond acceptors (Lipinski definition) is 3. The van der Waals surface area contributed by atoms with Gasteiger partial charge in [0.1, 0.15) is 11.6 Å². The van der Waals surface area contributed by atoms with Crippen LogP contribution in [0.3, 0.4) is 0 Å². The van der Waals surface area contributed by atoms with Gasteiger partial charge in [-0.2, -0.15) is 4.98 Å². The van der Waals surface area contributed by atoms with Gasteiger partial charge in [-0.3, -0.25) is 4.98 Å². The third-order valence-electron chi connectivity index (χ3n) is 1.70.